The van der Waals surface area contributed by atoms with Crippen molar-refractivity contribution in [2.45, 2.75) is 0 Å². The molecule has 5 rings (SSSR count). The minimum atomic E-state index is -0.580. The summed E-state index contributed by atoms with van der Waals surface area (Å²) >= 11 is 5.81. The molecular formula is C24H14ClN9O2. The van der Waals surface area contributed by atoms with E-state index in [1.165, 1.54) is 35.5 Å². The number of carbonyl (C=O) groups excluding carboxylic acids is 1. The normalized spacial score (nSPS) is 11.0. The summed E-state index contributed by atoms with van der Waals surface area (Å²) in [6.45, 7) is 7.44. The molecule has 2 N–H and O–H groups in total. The Hall–Kier alpha value is -5.21. The predicted molar refractivity (Wildman–Crippen MR) is 132 cm³/mol. The number of phenols is 1. The molecule has 0 saturated heterocycles. The maximum atomic E-state index is 13.0. The number of carbonyl (C=O) groups is 1. The number of hydrogen-bond acceptors (Lipinski definition) is 8. The van der Waals surface area contributed by atoms with Crippen molar-refractivity contribution in [3.63, 3.8) is 0 Å². The minimum Gasteiger partial charge on any atom is -0.505 e. The number of aromatic nitrogens is 5. The first-order chi connectivity index (χ1) is 17.5. The Morgan fingerprint density at radius 3 is 2.61 bits per heavy atom. The van der Waals surface area contributed by atoms with E-state index in [9.17, 15) is 9.90 Å². The summed E-state index contributed by atoms with van der Waals surface area (Å²) in [5, 5.41) is 27.8. The van der Waals surface area contributed by atoms with Gasteiger partial charge in [-0.05, 0) is 29.7 Å². The fraction of sp³-hybridized carbons (Fsp3) is 0. The monoisotopic (exact) mass is 495 g/mol. The number of aromatic hydroxyl groups is 1. The standard InChI is InChI=1S/C24H14ClN9O2/c1-26-18-13-30-34(24-27-9-4-10-28-24)22(18)33-32-20-16-6-3-2-5-14(16)11-17(21(20)35)23(36)31-15-7-8-19(25)29-12-15/h2-13,35H,(H,31,36)/b33-32+. The first-order valence-electron chi connectivity index (χ1n) is 10.4. The Morgan fingerprint density at radius 1 is 1.06 bits per heavy atom. The molecule has 0 aliphatic heterocycles. The Kier molecular flexibility index (Phi) is 6.00. The second kappa shape index (κ2) is 9.57. The van der Waals surface area contributed by atoms with Crippen LogP contribution in [0.4, 0.5) is 22.9 Å². The van der Waals surface area contributed by atoms with Gasteiger partial charge in [0.05, 0.1) is 30.2 Å². The molecule has 0 radical (unpaired) electrons. The van der Waals surface area contributed by atoms with Crippen LogP contribution in [0.3, 0.4) is 0 Å². The van der Waals surface area contributed by atoms with Crippen LogP contribution in [0.25, 0.3) is 21.6 Å². The van der Waals surface area contributed by atoms with E-state index in [1.807, 2.05) is 0 Å². The van der Waals surface area contributed by atoms with Crippen molar-refractivity contribution < 1.29 is 9.90 Å². The smallest absolute Gasteiger partial charge is 0.259 e. The van der Waals surface area contributed by atoms with E-state index in [4.69, 9.17) is 18.2 Å². The zero-order valence-corrected chi connectivity index (χ0v) is 19.0. The van der Waals surface area contributed by atoms with Crippen molar-refractivity contribution in [1.82, 2.24) is 24.7 Å². The molecule has 0 bridgehead atoms. The van der Waals surface area contributed by atoms with Gasteiger partial charge in [0.25, 0.3) is 17.5 Å². The van der Waals surface area contributed by atoms with Gasteiger partial charge in [0.2, 0.25) is 0 Å². The van der Waals surface area contributed by atoms with E-state index in [1.54, 1.807) is 42.5 Å². The molecule has 3 aromatic heterocycles. The summed E-state index contributed by atoms with van der Waals surface area (Å²) in [7, 11) is 0. The van der Waals surface area contributed by atoms with Crippen LogP contribution in [0, 0.1) is 6.57 Å². The number of benzene rings is 2. The first-order valence-corrected chi connectivity index (χ1v) is 10.7. The SMILES string of the molecule is [C-]#[N+]c1cnn(-c2ncccn2)c1/N=N/c1c(O)c(C(=O)Nc2ccc(Cl)nc2)cc2ccccc12. The molecule has 0 aliphatic carbocycles. The molecule has 0 aliphatic rings. The number of azo groups is 1. The summed E-state index contributed by atoms with van der Waals surface area (Å²) in [6.07, 6.45) is 5.78. The number of anilines is 1. The number of halogens is 1. The molecule has 12 heteroatoms. The fourth-order valence-electron chi connectivity index (χ4n) is 3.39. The van der Waals surface area contributed by atoms with Crippen molar-refractivity contribution in [3.05, 3.63) is 95.5 Å². The number of phenolic OH excluding ortho intramolecular Hbond substituents is 1. The maximum Gasteiger partial charge on any atom is 0.259 e. The number of fused-ring (bicyclic) bond motifs is 1. The molecule has 1 amide bonds. The summed E-state index contributed by atoms with van der Waals surface area (Å²) in [6, 6.07) is 13.4. The minimum absolute atomic E-state index is 0.0251. The number of amides is 1. The molecule has 5 aromatic rings. The molecule has 0 atom stereocenters. The van der Waals surface area contributed by atoms with Crippen molar-refractivity contribution >= 4 is 51.2 Å². The summed E-state index contributed by atoms with van der Waals surface area (Å²) < 4.78 is 1.26. The Bertz CT molecular complexity index is 1660. The molecule has 0 saturated carbocycles. The number of nitrogens with zero attached hydrogens (tertiary/aromatic N) is 8. The molecule has 11 nitrogen and oxygen atoms in total. The van der Waals surface area contributed by atoms with Crippen LogP contribution in [-0.2, 0) is 0 Å². The van der Waals surface area contributed by atoms with Gasteiger partial charge in [-0.15, -0.1) is 10.2 Å². The largest absolute Gasteiger partial charge is 0.505 e. The van der Waals surface area contributed by atoms with Crippen molar-refractivity contribution in [1.29, 1.82) is 0 Å². The highest BCUT2D eigenvalue weighted by Crippen LogP contribution is 2.40. The van der Waals surface area contributed by atoms with Crippen molar-refractivity contribution in [2.24, 2.45) is 10.2 Å². The quantitative estimate of drug-likeness (QED) is 0.180. The van der Waals surface area contributed by atoms with Crippen LogP contribution in [0.2, 0.25) is 5.15 Å². The van der Waals surface area contributed by atoms with Crippen molar-refractivity contribution in [3.8, 4) is 11.7 Å². The van der Waals surface area contributed by atoms with Gasteiger partial charge in [0.1, 0.15) is 10.8 Å². The van der Waals surface area contributed by atoms with Gasteiger partial charge in [-0.3, -0.25) is 4.79 Å². The third-order valence-electron chi connectivity index (χ3n) is 5.06. The first kappa shape index (κ1) is 22.6. The van der Waals surface area contributed by atoms with E-state index < -0.39 is 5.91 Å². The molecule has 2 aromatic carbocycles. The van der Waals surface area contributed by atoms with Crippen LogP contribution in [0.15, 0.2) is 83.5 Å². The van der Waals surface area contributed by atoms with E-state index in [2.05, 4.69) is 40.4 Å². The van der Waals surface area contributed by atoms with Gasteiger partial charge in [0, 0.05) is 17.8 Å². The number of pyridine rings is 1. The highest BCUT2D eigenvalue weighted by atomic mass is 35.5. The van der Waals surface area contributed by atoms with E-state index in [-0.39, 0.29) is 39.6 Å². The lowest BCUT2D eigenvalue weighted by atomic mass is 10.0. The van der Waals surface area contributed by atoms with Crippen LogP contribution in [0.5, 0.6) is 5.75 Å². The van der Waals surface area contributed by atoms with E-state index >= 15 is 0 Å². The lowest BCUT2D eigenvalue weighted by Gasteiger charge is -2.11. The van der Waals surface area contributed by atoms with Crippen LogP contribution in [-0.4, -0.2) is 35.7 Å². The predicted octanol–water partition coefficient (Wildman–Crippen LogP) is 5.79. The second-order valence-corrected chi connectivity index (χ2v) is 7.68. The lowest BCUT2D eigenvalue weighted by Crippen LogP contribution is -2.12. The molecule has 0 unspecified atom stereocenters. The number of hydrogen-bond donors (Lipinski definition) is 2. The Morgan fingerprint density at radius 2 is 1.86 bits per heavy atom. The van der Waals surface area contributed by atoms with Crippen LogP contribution < -0.4 is 5.32 Å². The van der Waals surface area contributed by atoms with Gasteiger partial charge >= 0.3 is 0 Å². The average Bonchev–Trinajstić information content (AvgIpc) is 3.32. The van der Waals surface area contributed by atoms with Gasteiger partial charge in [0.15, 0.2) is 11.6 Å². The van der Waals surface area contributed by atoms with Crippen LogP contribution >= 0.6 is 11.6 Å². The number of nitrogens with one attached hydrogen (secondary N) is 1. The average molecular weight is 496 g/mol. The molecule has 3 heterocycles. The zero-order chi connectivity index (χ0) is 25.1. The maximum absolute atomic E-state index is 13.0. The molecule has 174 valence electrons. The molecule has 36 heavy (non-hydrogen) atoms. The van der Waals surface area contributed by atoms with Gasteiger partial charge < -0.3 is 10.4 Å². The van der Waals surface area contributed by atoms with Crippen molar-refractivity contribution in [2.75, 3.05) is 5.32 Å². The third-order valence-corrected chi connectivity index (χ3v) is 5.28. The fourth-order valence-corrected chi connectivity index (χ4v) is 3.50. The van der Waals surface area contributed by atoms with Crippen LogP contribution in [0.1, 0.15) is 10.4 Å². The van der Waals surface area contributed by atoms with E-state index in [0.717, 1.165) is 0 Å². The van der Waals surface area contributed by atoms with Gasteiger partial charge in [-0.2, -0.15) is 9.78 Å². The number of rotatable bonds is 5. The molecule has 0 fully saturated rings. The highest BCUT2D eigenvalue weighted by molar-refractivity contribution is 6.29. The van der Waals surface area contributed by atoms with E-state index in [0.29, 0.717) is 16.5 Å². The Labute approximate surface area is 208 Å². The third kappa shape index (κ3) is 4.31. The van der Waals surface area contributed by atoms with Gasteiger partial charge in [-0.25, -0.2) is 19.8 Å². The summed E-state index contributed by atoms with van der Waals surface area (Å²) in [5.41, 5.74) is 0.528. The second-order valence-electron chi connectivity index (χ2n) is 7.29. The molecular weight excluding hydrogens is 482 g/mol. The summed E-state index contributed by atoms with van der Waals surface area (Å²) in [4.78, 5) is 28.6. The Balaban J connectivity index is 1.60. The summed E-state index contributed by atoms with van der Waals surface area (Å²) in [5.74, 6) is -0.700. The lowest BCUT2D eigenvalue weighted by molar-refractivity contribution is 0.102. The highest BCUT2D eigenvalue weighted by Gasteiger charge is 2.20. The molecule has 0 spiro atoms. The zero-order valence-electron chi connectivity index (χ0n) is 18.2. The topological polar surface area (TPSA) is 135 Å². The van der Waals surface area contributed by atoms with Gasteiger partial charge in [-0.1, -0.05) is 35.9 Å².